The first-order valence-electron chi connectivity index (χ1n) is 9.98. The first-order valence-corrected chi connectivity index (χ1v) is 9.98. The zero-order valence-corrected chi connectivity index (χ0v) is 16.6. The molecule has 1 aromatic heterocycles. The number of anilines is 4. The minimum atomic E-state index is -0.249. The Balaban J connectivity index is 1.44. The molecule has 1 aliphatic rings. The van der Waals surface area contributed by atoms with Crippen molar-refractivity contribution in [1.82, 2.24) is 9.97 Å². The predicted molar refractivity (Wildman–Crippen MR) is 117 cm³/mol. The maximum Gasteiger partial charge on any atom is 0.274 e. The third-order valence-corrected chi connectivity index (χ3v) is 5.22. The van der Waals surface area contributed by atoms with Gasteiger partial charge in [-0.25, -0.2) is 9.97 Å². The highest BCUT2D eigenvalue weighted by Crippen LogP contribution is 2.23. The average Bonchev–Trinajstić information content (AvgIpc) is 2.80. The van der Waals surface area contributed by atoms with Gasteiger partial charge in [0.25, 0.3) is 5.91 Å². The van der Waals surface area contributed by atoms with E-state index in [2.05, 4.69) is 32.3 Å². The summed E-state index contributed by atoms with van der Waals surface area (Å²) in [6, 6.07) is 19.6. The molecule has 3 aromatic rings. The van der Waals surface area contributed by atoms with Crippen molar-refractivity contribution in [3.63, 3.8) is 0 Å². The summed E-state index contributed by atoms with van der Waals surface area (Å²) in [5.41, 5.74) is 3.28. The Labute approximate surface area is 171 Å². The Bertz CT molecular complexity index is 953. The third-order valence-electron chi connectivity index (χ3n) is 5.22. The van der Waals surface area contributed by atoms with Crippen LogP contribution >= 0.6 is 0 Å². The molecule has 148 valence electrons. The molecule has 0 spiro atoms. The van der Waals surface area contributed by atoms with Gasteiger partial charge in [-0.3, -0.25) is 4.79 Å². The van der Waals surface area contributed by atoms with Crippen molar-refractivity contribution in [2.75, 3.05) is 35.3 Å². The highest BCUT2D eigenvalue weighted by atomic mass is 16.1. The van der Waals surface area contributed by atoms with E-state index in [0.717, 1.165) is 24.5 Å². The number of carbonyl (C=O) groups excluding carboxylic acids is 1. The van der Waals surface area contributed by atoms with E-state index in [0.29, 0.717) is 11.5 Å². The molecule has 1 saturated heterocycles. The molecule has 6 heteroatoms. The van der Waals surface area contributed by atoms with Crippen molar-refractivity contribution in [2.45, 2.75) is 19.3 Å². The van der Waals surface area contributed by atoms with E-state index in [4.69, 9.17) is 0 Å². The van der Waals surface area contributed by atoms with Crippen LogP contribution in [0.5, 0.6) is 0 Å². The molecule has 0 bridgehead atoms. The lowest BCUT2D eigenvalue weighted by molar-refractivity contribution is 0.102. The molecule has 2 aromatic carbocycles. The second-order valence-corrected chi connectivity index (χ2v) is 7.20. The fraction of sp³-hybridized carbons (Fsp3) is 0.261. The molecule has 2 heterocycles. The number of rotatable bonds is 5. The minimum absolute atomic E-state index is 0.249. The number of carbonyl (C=O) groups is 1. The number of amides is 1. The van der Waals surface area contributed by atoms with Gasteiger partial charge in [-0.05, 0) is 55.7 Å². The summed E-state index contributed by atoms with van der Waals surface area (Å²) in [5, 5.41) is 2.93. The summed E-state index contributed by atoms with van der Waals surface area (Å²) in [6.45, 7) is 2.20. The molecule has 1 amide bonds. The first kappa shape index (κ1) is 18.9. The van der Waals surface area contributed by atoms with Gasteiger partial charge in [0.15, 0.2) is 0 Å². The lowest BCUT2D eigenvalue weighted by Gasteiger charge is -2.28. The number of para-hydroxylation sites is 1. The summed E-state index contributed by atoms with van der Waals surface area (Å²) >= 11 is 0. The predicted octanol–water partition coefficient (Wildman–Crippen LogP) is 4.49. The zero-order valence-electron chi connectivity index (χ0n) is 16.6. The number of hydrogen-bond donors (Lipinski definition) is 1. The Morgan fingerprint density at radius 3 is 2.41 bits per heavy atom. The Hall–Kier alpha value is -3.41. The zero-order chi connectivity index (χ0) is 20.1. The van der Waals surface area contributed by atoms with Crippen molar-refractivity contribution < 1.29 is 4.79 Å². The molecule has 0 aliphatic carbocycles. The molecule has 1 fully saturated rings. The molecule has 4 rings (SSSR count). The number of nitrogens with zero attached hydrogens (tertiary/aromatic N) is 4. The normalized spacial score (nSPS) is 13.8. The number of aromatic nitrogens is 2. The number of hydrogen-bond acceptors (Lipinski definition) is 5. The molecular weight excluding hydrogens is 362 g/mol. The maximum absolute atomic E-state index is 12.7. The lowest BCUT2D eigenvalue weighted by Crippen LogP contribution is -2.29. The van der Waals surface area contributed by atoms with Gasteiger partial charge in [-0.2, -0.15) is 0 Å². The number of piperidine rings is 1. The molecule has 1 aliphatic heterocycles. The van der Waals surface area contributed by atoms with E-state index in [1.54, 1.807) is 6.07 Å². The van der Waals surface area contributed by atoms with Crippen LogP contribution in [0.15, 0.2) is 67.0 Å². The highest BCUT2D eigenvalue weighted by molar-refractivity contribution is 6.03. The molecular formula is C23H25N5O. The lowest BCUT2D eigenvalue weighted by atomic mass is 10.1. The van der Waals surface area contributed by atoms with Crippen LogP contribution in [0.2, 0.25) is 0 Å². The van der Waals surface area contributed by atoms with E-state index in [1.807, 2.05) is 54.4 Å². The van der Waals surface area contributed by atoms with Gasteiger partial charge in [-0.15, -0.1) is 0 Å². The number of nitrogens with one attached hydrogen (secondary N) is 1. The molecule has 6 nitrogen and oxygen atoms in total. The van der Waals surface area contributed by atoms with Crippen LogP contribution in [0.1, 0.15) is 29.8 Å². The van der Waals surface area contributed by atoms with Crippen molar-refractivity contribution in [1.29, 1.82) is 0 Å². The minimum Gasteiger partial charge on any atom is -0.372 e. The highest BCUT2D eigenvalue weighted by Gasteiger charge is 2.14. The van der Waals surface area contributed by atoms with Crippen molar-refractivity contribution in [3.8, 4) is 0 Å². The molecule has 0 saturated carbocycles. The van der Waals surface area contributed by atoms with Crippen LogP contribution < -0.4 is 15.1 Å². The molecule has 0 atom stereocenters. The van der Waals surface area contributed by atoms with Crippen LogP contribution in [0, 0.1) is 0 Å². The fourth-order valence-corrected chi connectivity index (χ4v) is 3.54. The largest absolute Gasteiger partial charge is 0.372 e. The Morgan fingerprint density at radius 2 is 1.69 bits per heavy atom. The van der Waals surface area contributed by atoms with Crippen LogP contribution in [0.25, 0.3) is 0 Å². The van der Waals surface area contributed by atoms with Gasteiger partial charge in [0.05, 0.1) is 0 Å². The SMILES string of the molecule is CN(c1ccccc1)c1cc(C(=O)Nc2ccc(N3CCCCC3)cc2)ncn1. The van der Waals surface area contributed by atoms with Crippen LogP contribution in [-0.4, -0.2) is 36.0 Å². The van der Waals surface area contributed by atoms with Gasteiger partial charge in [-0.1, -0.05) is 18.2 Å². The van der Waals surface area contributed by atoms with Gasteiger partial charge >= 0.3 is 0 Å². The average molecular weight is 387 g/mol. The van der Waals surface area contributed by atoms with Crippen LogP contribution in [0.3, 0.4) is 0 Å². The fourth-order valence-electron chi connectivity index (χ4n) is 3.54. The molecule has 0 radical (unpaired) electrons. The topological polar surface area (TPSA) is 61.4 Å². The van der Waals surface area contributed by atoms with Crippen LogP contribution in [-0.2, 0) is 0 Å². The maximum atomic E-state index is 12.7. The molecule has 29 heavy (non-hydrogen) atoms. The summed E-state index contributed by atoms with van der Waals surface area (Å²) in [4.78, 5) is 25.4. The Morgan fingerprint density at radius 1 is 0.966 bits per heavy atom. The summed E-state index contributed by atoms with van der Waals surface area (Å²) in [5.74, 6) is 0.414. The van der Waals surface area contributed by atoms with Crippen molar-refractivity contribution in [3.05, 3.63) is 72.7 Å². The quantitative estimate of drug-likeness (QED) is 0.699. The van der Waals surface area contributed by atoms with Gasteiger partial charge in [0.1, 0.15) is 17.8 Å². The van der Waals surface area contributed by atoms with Crippen molar-refractivity contribution >= 4 is 28.8 Å². The first-order chi connectivity index (χ1) is 14.2. The van der Waals surface area contributed by atoms with E-state index in [-0.39, 0.29) is 5.91 Å². The van der Waals surface area contributed by atoms with Crippen LogP contribution in [0.4, 0.5) is 22.9 Å². The third kappa shape index (κ3) is 4.54. The van der Waals surface area contributed by atoms with Gasteiger partial charge in [0, 0.05) is 43.3 Å². The molecule has 0 unspecified atom stereocenters. The second-order valence-electron chi connectivity index (χ2n) is 7.20. The van der Waals surface area contributed by atoms with Crippen molar-refractivity contribution in [2.24, 2.45) is 0 Å². The summed E-state index contributed by atoms with van der Waals surface area (Å²) in [6.07, 6.45) is 5.21. The smallest absolute Gasteiger partial charge is 0.274 e. The summed E-state index contributed by atoms with van der Waals surface area (Å²) in [7, 11) is 1.92. The summed E-state index contributed by atoms with van der Waals surface area (Å²) < 4.78 is 0. The Kier molecular flexibility index (Phi) is 5.70. The standard InChI is InChI=1S/C23H25N5O/c1-27(19-8-4-2-5-9-19)22-16-21(24-17-25-22)23(29)26-18-10-12-20(13-11-18)28-14-6-3-7-15-28/h2,4-5,8-13,16-17H,3,6-7,14-15H2,1H3,(H,26,29). The van der Waals surface area contributed by atoms with Gasteiger partial charge in [0.2, 0.25) is 0 Å². The number of benzene rings is 2. The van der Waals surface area contributed by atoms with Gasteiger partial charge < -0.3 is 15.1 Å². The van der Waals surface area contributed by atoms with E-state index in [1.165, 1.54) is 31.3 Å². The van der Waals surface area contributed by atoms with E-state index >= 15 is 0 Å². The monoisotopic (exact) mass is 387 g/mol. The van der Waals surface area contributed by atoms with E-state index in [9.17, 15) is 4.79 Å². The second kappa shape index (κ2) is 8.73. The van der Waals surface area contributed by atoms with E-state index < -0.39 is 0 Å². The molecule has 1 N–H and O–H groups in total.